The fourth-order valence-electron chi connectivity index (χ4n) is 1.59. The highest BCUT2D eigenvalue weighted by Gasteiger charge is 2.17. The Hall–Kier alpha value is -0.210. The molecule has 17 heavy (non-hydrogen) atoms. The molecule has 1 atom stereocenters. The van der Waals surface area contributed by atoms with Crippen molar-refractivity contribution >= 4 is 46.1 Å². The molecule has 0 bridgehead atoms. The van der Waals surface area contributed by atoms with Crippen LogP contribution >= 0.6 is 46.1 Å². The van der Waals surface area contributed by atoms with Gasteiger partial charge in [-0.15, -0.1) is 22.9 Å². The van der Waals surface area contributed by atoms with Crippen LogP contribution in [0.4, 0.5) is 0 Å². The van der Waals surface area contributed by atoms with E-state index in [0.29, 0.717) is 10.0 Å². The molecular weight excluding hydrogens is 295 g/mol. The van der Waals surface area contributed by atoms with E-state index in [1.807, 2.05) is 6.07 Å². The standard InChI is InChI=1S/C13H11Cl3S/c1-7-5-12(17-8(7)2)13(16)10-6-9(14)3-4-11(10)15/h3-6,13H,1-2H3. The van der Waals surface area contributed by atoms with Gasteiger partial charge in [0.2, 0.25) is 0 Å². The van der Waals surface area contributed by atoms with E-state index in [2.05, 4.69) is 19.9 Å². The average Bonchev–Trinajstić information content (AvgIpc) is 2.62. The number of aryl methyl sites for hydroxylation is 2. The molecule has 0 aliphatic heterocycles. The summed E-state index contributed by atoms with van der Waals surface area (Å²) in [6.07, 6.45) is 0. The summed E-state index contributed by atoms with van der Waals surface area (Å²) in [5.74, 6) is 0. The summed E-state index contributed by atoms with van der Waals surface area (Å²) in [6, 6.07) is 7.48. The highest BCUT2D eigenvalue weighted by Crippen LogP contribution is 2.39. The summed E-state index contributed by atoms with van der Waals surface area (Å²) < 4.78 is 0. The zero-order valence-corrected chi connectivity index (χ0v) is 12.5. The van der Waals surface area contributed by atoms with E-state index in [1.54, 1.807) is 23.5 Å². The van der Waals surface area contributed by atoms with Crippen molar-refractivity contribution in [1.82, 2.24) is 0 Å². The molecule has 0 saturated carbocycles. The molecule has 2 rings (SSSR count). The summed E-state index contributed by atoms with van der Waals surface area (Å²) in [6.45, 7) is 4.17. The van der Waals surface area contributed by atoms with Gasteiger partial charge in [0.25, 0.3) is 0 Å². The number of benzene rings is 1. The van der Waals surface area contributed by atoms with E-state index in [9.17, 15) is 0 Å². The molecule has 0 amide bonds. The molecule has 0 fully saturated rings. The second kappa shape index (κ2) is 5.19. The molecule has 0 spiro atoms. The van der Waals surface area contributed by atoms with Gasteiger partial charge in [0.1, 0.15) is 0 Å². The first-order valence-electron chi connectivity index (χ1n) is 5.15. The quantitative estimate of drug-likeness (QED) is 0.597. The molecule has 2 aromatic rings. The van der Waals surface area contributed by atoms with Crippen LogP contribution in [-0.2, 0) is 0 Å². The maximum atomic E-state index is 6.46. The molecule has 1 aromatic carbocycles. The summed E-state index contributed by atoms with van der Waals surface area (Å²) in [5, 5.41) is 1.07. The van der Waals surface area contributed by atoms with E-state index in [1.165, 1.54) is 10.4 Å². The van der Waals surface area contributed by atoms with Gasteiger partial charge in [-0.3, -0.25) is 0 Å². The Labute approximate surface area is 120 Å². The maximum Gasteiger partial charge on any atom is 0.0942 e. The van der Waals surface area contributed by atoms with Crippen molar-refractivity contribution in [3.05, 3.63) is 55.2 Å². The van der Waals surface area contributed by atoms with Crippen LogP contribution in [0, 0.1) is 13.8 Å². The Balaban J connectivity index is 2.42. The third-order valence-corrected chi connectivity index (χ3v) is 5.06. The van der Waals surface area contributed by atoms with Crippen LogP contribution in [0.15, 0.2) is 24.3 Å². The van der Waals surface area contributed by atoms with Crippen LogP contribution < -0.4 is 0 Å². The van der Waals surface area contributed by atoms with Gasteiger partial charge < -0.3 is 0 Å². The van der Waals surface area contributed by atoms with Gasteiger partial charge in [0.05, 0.1) is 5.38 Å². The molecular formula is C13H11Cl3S. The monoisotopic (exact) mass is 304 g/mol. The van der Waals surface area contributed by atoms with E-state index >= 15 is 0 Å². The molecule has 0 aliphatic carbocycles. The van der Waals surface area contributed by atoms with Gasteiger partial charge in [-0.1, -0.05) is 23.2 Å². The summed E-state index contributed by atoms with van der Waals surface area (Å²) in [5.41, 5.74) is 2.12. The normalized spacial score (nSPS) is 12.8. The van der Waals surface area contributed by atoms with Crippen molar-refractivity contribution in [2.45, 2.75) is 19.2 Å². The van der Waals surface area contributed by atoms with Gasteiger partial charge in [-0.2, -0.15) is 0 Å². The molecule has 1 aromatic heterocycles. The average molecular weight is 306 g/mol. The second-order valence-corrected chi connectivity index (χ2v) is 6.48. The Morgan fingerprint density at radius 1 is 1.12 bits per heavy atom. The van der Waals surface area contributed by atoms with Crippen LogP contribution in [-0.4, -0.2) is 0 Å². The smallest absolute Gasteiger partial charge is 0.0942 e. The highest BCUT2D eigenvalue weighted by atomic mass is 35.5. The minimum atomic E-state index is -0.237. The SMILES string of the molecule is Cc1cc(C(Cl)c2cc(Cl)ccc2Cl)sc1C. The molecule has 0 nitrogen and oxygen atoms in total. The Morgan fingerprint density at radius 3 is 2.41 bits per heavy atom. The number of rotatable bonds is 2. The lowest BCUT2D eigenvalue weighted by molar-refractivity contribution is 1.18. The summed E-state index contributed by atoms with van der Waals surface area (Å²) in [7, 11) is 0. The molecule has 1 heterocycles. The Morgan fingerprint density at radius 2 is 1.82 bits per heavy atom. The Bertz CT molecular complexity index is 526. The van der Waals surface area contributed by atoms with Crippen LogP contribution in [0.5, 0.6) is 0 Å². The van der Waals surface area contributed by atoms with Gasteiger partial charge in [-0.05, 0) is 49.2 Å². The third-order valence-electron chi connectivity index (χ3n) is 2.67. The number of alkyl halides is 1. The zero-order valence-electron chi connectivity index (χ0n) is 9.43. The predicted octanol–water partition coefficient (Wildman–Crippen LogP) is 6.00. The largest absolute Gasteiger partial charge is 0.143 e. The fourth-order valence-corrected chi connectivity index (χ4v) is 3.47. The molecule has 90 valence electrons. The number of hydrogen-bond donors (Lipinski definition) is 0. The summed E-state index contributed by atoms with van der Waals surface area (Å²) >= 11 is 20.3. The summed E-state index contributed by atoms with van der Waals surface area (Å²) in [4.78, 5) is 2.38. The van der Waals surface area contributed by atoms with Crippen molar-refractivity contribution in [2.75, 3.05) is 0 Å². The van der Waals surface area contributed by atoms with Crippen molar-refractivity contribution in [2.24, 2.45) is 0 Å². The number of halogens is 3. The minimum absolute atomic E-state index is 0.237. The lowest BCUT2D eigenvalue weighted by Gasteiger charge is -2.10. The van der Waals surface area contributed by atoms with Crippen LogP contribution in [0.2, 0.25) is 10.0 Å². The molecule has 4 heteroatoms. The number of thiophene rings is 1. The maximum absolute atomic E-state index is 6.46. The van der Waals surface area contributed by atoms with Gasteiger partial charge in [0, 0.05) is 19.8 Å². The van der Waals surface area contributed by atoms with E-state index < -0.39 is 0 Å². The highest BCUT2D eigenvalue weighted by molar-refractivity contribution is 7.12. The first kappa shape index (κ1) is 13.2. The first-order chi connectivity index (χ1) is 7.99. The van der Waals surface area contributed by atoms with Crippen molar-refractivity contribution in [3.8, 4) is 0 Å². The molecule has 0 aliphatic rings. The third kappa shape index (κ3) is 2.79. The number of hydrogen-bond acceptors (Lipinski definition) is 1. The Kier molecular flexibility index (Phi) is 4.04. The molecule has 0 N–H and O–H groups in total. The van der Waals surface area contributed by atoms with Crippen molar-refractivity contribution < 1.29 is 0 Å². The topological polar surface area (TPSA) is 0 Å². The minimum Gasteiger partial charge on any atom is -0.143 e. The van der Waals surface area contributed by atoms with Crippen LogP contribution in [0.3, 0.4) is 0 Å². The lowest BCUT2D eigenvalue weighted by Crippen LogP contribution is -1.91. The molecule has 0 saturated heterocycles. The van der Waals surface area contributed by atoms with Crippen molar-refractivity contribution in [3.63, 3.8) is 0 Å². The van der Waals surface area contributed by atoms with Gasteiger partial charge in [-0.25, -0.2) is 0 Å². The van der Waals surface area contributed by atoms with Crippen molar-refractivity contribution in [1.29, 1.82) is 0 Å². The molecule has 1 unspecified atom stereocenters. The zero-order chi connectivity index (χ0) is 12.6. The fraction of sp³-hybridized carbons (Fsp3) is 0.231. The first-order valence-corrected chi connectivity index (χ1v) is 7.16. The second-order valence-electron chi connectivity index (χ2n) is 3.92. The lowest BCUT2D eigenvalue weighted by atomic mass is 10.1. The van der Waals surface area contributed by atoms with Crippen LogP contribution in [0.1, 0.15) is 26.3 Å². The predicted molar refractivity (Wildman–Crippen MR) is 78.0 cm³/mol. The molecule has 0 radical (unpaired) electrons. The van der Waals surface area contributed by atoms with E-state index in [0.717, 1.165) is 10.4 Å². The van der Waals surface area contributed by atoms with Gasteiger partial charge >= 0.3 is 0 Å². The van der Waals surface area contributed by atoms with E-state index in [4.69, 9.17) is 34.8 Å². The van der Waals surface area contributed by atoms with Crippen LogP contribution in [0.25, 0.3) is 0 Å². The van der Waals surface area contributed by atoms with E-state index in [-0.39, 0.29) is 5.38 Å². The van der Waals surface area contributed by atoms with Gasteiger partial charge in [0.15, 0.2) is 0 Å².